The molecule has 0 saturated carbocycles. The largest absolute Gasteiger partial charge is 0.462 e. The lowest BCUT2D eigenvalue weighted by molar-refractivity contribution is -0.167. The third-order valence-electron chi connectivity index (χ3n) is 13.8. The molecule has 0 saturated heterocycles. The predicted octanol–water partition coefficient (Wildman–Crippen LogP) is 22.2. The normalized spacial score (nSPS) is 12.8. The van der Waals surface area contributed by atoms with E-state index in [1.165, 1.54) is 148 Å². The first kappa shape index (κ1) is 73.1. The van der Waals surface area contributed by atoms with E-state index in [9.17, 15) is 14.4 Å². The monoisotopic (exact) mass is 1070 g/mol. The molecule has 0 aliphatic heterocycles. The molecule has 0 heterocycles. The highest BCUT2D eigenvalue weighted by Gasteiger charge is 2.19. The summed E-state index contributed by atoms with van der Waals surface area (Å²) in [5, 5.41) is 0. The lowest BCUT2D eigenvalue weighted by atomic mass is 10.0. The fourth-order valence-corrected chi connectivity index (χ4v) is 8.92. The maximum absolute atomic E-state index is 12.9. The van der Waals surface area contributed by atoms with Crippen molar-refractivity contribution in [1.29, 1.82) is 0 Å². The van der Waals surface area contributed by atoms with Gasteiger partial charge in [-0.3, -0.25) is 14.4 Å². The van der Waals surface area contributed by atoms with Crippen LogP contribution in [0.3, 0.4) is 0 Å². The van der Waals surface area contributed by atoms with E-state index in [2.05, 4.69) is 130 Å². The van der Waals surface area contributed by atoms with Crippen molar-refractivity contribution in [3.8, 4) is 0 Å². The van der Waals surface area contributed by atoms with E-state index in [1.807, 2.05) is 0 Å². The van der Waals surface area contributed by atoms with E-state index in [1.54, 1.807) is 0 Å². The number of carbonyl (C=O) groups excluding carboxylic acids is 3. The molecular weight excluding hydrogens is 949 g/mol. The lowest BCUT2D eigenvalue weighted by Crippen LogP contribution is -2.30. The minimum absolute atomic E-state index is 0.0908. The number of hydrogen-bond acceptors (Lipinski definition) is 6. The summed E-state index contributed by atoms with van der Waals surface area (Å²) >= 11 is 0. The summed E-state index contributed by atoms with van der Waals surface area (Å²) in [6, 6.07) is 0. The maximum atomic E-state index is 12.9. The third-order valence-corrected chi connectivity index (χ3v) is 13.8. The highest BCUT2D eigenvalue weighted by Crippen LogP contribution is 2.16. The van der Waals surface area contributed by atoms with Gasteiger partial charge < -0.3 is 14.2 Å². The second kappa shape index (κ2) is 64.6. The molecule has 0 N–H and O–H groups in total. The summed E-state index contributed by atoms with van der Waals surface area (Å²) in [4.78, 5) is 38.1. The fraction of sp³-hybridized carbons (Fsp3) is 0.704. The Bertz CT molecular complexity index is 1560. The molecule has 0 aromatic carbocycles. The van der Waals surface area contributed by atoms with Gasteiger partial charge >= 0.3 is 17.9 Å². The first-order valence-electron chi connectivity index (χ1n) is 32.4. The van der Waals surface area contributed by atoms with Crippen LogP contribution in [0.15, 0.2) is 109 Å². The third kappa shape index (κ3) is 62.8. The number of carbonyl (C=O) groups is 3. The minimum atomic E-state index is -0.795. The van der Waals surface area contributed by atoms with Crippen molar-refractivity contribution in [1.82, 2.24) is 0 Å². The molecule has 0 aliphatic carbocycles. The molecule has 0 aromatic heterocycles. The summed E-state index contributed by atoms with van der Waals surface area (Å²) in [7, 11) is 0. The van der Waals surface area contributed by atoms with Crippen LogP contribution < -0.4 is 0 Å². The Balaban J connectivity index is 4.20. The van der Waals surface area contributed by atoms with Gasteiger partial charge in [0.1, 0.15) is 13.2 Å². The van der Waals surface area contributed by atoms with Gasteiger partial charge in [0.2, 0.25) is 0 Å². The number of rotatable bonds is 58. The van der Waals surface area contributed by atoms with Crippen LogP contribution >= 0.6 is 0 Å². The summed E-state index contributed by atoms with van der Waals surface area (Å²) in [6.45, 7) is 6.46. The number of ether oxygens (including phenoxy) is 3. The van der Waals surface area contributed by atoms with Crippen molar-refractivity contribution in [3.63, 3.8) is 0 Å². The van der Waals surface area contributed by atoms with Crippen LogP contribution in [0.25, 0.3) is 0 Å². The van der Waals surface area contributed by atoms with Crippen LogP contribution in [0.5, 0.6) is 0 Å². The van der Waals surface area contributed by atoms with Crippen molar-refractivity contribution in [3.05, 3.63) is 109 Å². The minimum Gasteiger partial charge on any atom is -0.462 e. The zero-order valence-corrected chi connectivity index (χ0v) is 50.4. The molecule has 0 rings (SSSR count). The Kier molecular flexibility index (Phi) is 61.3. The second-order valence-corrected chi connectivity index (χ2v) is 21.3. The maximum Gasteiger partial charge on any atom is 0.306 e. The van der Waals surface area contributed by atoms with Gasteiger partial charge in [-0.25, -0.2) is 0 Å². The molecule has 6 heteroatoms. The summed E-state index contributed by atoms with van der Waals surface area (Å²) in [6.07, 6.45) is 88.4. The van der Waals surface area contributed by atoms with Crippen LogP contribution in [0.2, 0.25) is 0 Å². The van der Waals surface area contributed by atoms with Gasteiger partial charge in [-0.15, -0.1) is 0 Å². The zero-order chi connectivity index (χ0) is 55.7. The molecule has 1 atom stereocenters. The van der Waals surface area contributed by atoms with Crippen molar-refractivity contribution in [2.45, 2.75) is 309 Å². The van der Waals surface area contributed by atoms with E-state index >= 15 is 0 Å². The van der Waals surface area contributed by atoms with Crippen LogP contribution in [-0.2, 0) is 28.6 Å². The first-order valence-corrected chi connectivity index (χ1v) is 32.4. The van der Waals surface area contributed by atoms with Gasteiger partial charge in [-0.05, 0) is 109 Å². The highest BCUT2D eigenvalue weighted by molar-refractivity contribution is 5.71. The summed E-state index contributed by atoms with van der Waals surface area (Å²) in [5.74, 6) is -0.925. The lowest BCUT2D eigenvalue weighted by Gasteiger charge is -2.18. The van der Waals surface area contributed by atoms with Gasteiger partial charge in [-0.2, -0.15) is 0 Å². The Labute approximate surface area is 476 Å². The second-order valence-electron chi connectivity index (χ2n) is 21.3. The van der Waals surface area contributed by atoms with Crippen molar-refractivity contribution >= 4 is 17.9 Å². The number of hydrogen-bond donors (Lipinski definition) is 0. The molecule has 0 radical (unpaired) electrons. The van der Waals surface area contributed by atoms with Crippen LogP contribution in [0.1, 0.15) is 303 Å². The Morgan fingerprint density at radius 2 is 0.506 bits per heavy atom. The average Bonchev–Trinajstić information content (AvgIpc) is 3.43. The molecular formula is C71H120O6. The topological polar surface area (TPSA) is 78.9 Å². The first-order chi connectivity index (χ1) is 38.0. The van der Waals surface area contributed by atoms with E-state index in [0.29, 0.717) is 12.8 Å². The molecule has 0 amide bonds. The van der Waals surface area contributed by atoms with Crippen molar-refractivity contribution in [2.75, 3.05) is 13.2 Å². The van der Waals surface area contributed by atoms with E-state index in [0.717, 1.165) is 116 Å². The smallest absolute Gasteiger partial charge is 0.306 e. The predicted molar refractivity (Wildman–Crippen MR) is 334 cm³/mol. The van der Waals surface area contributed by atoms with E-state index < -0.39 is 6.10 Å². The highest BCUT2D eigenvalue weighted by atomic mass is 16.6. The van der Waals surface area contributed by atoms with Gasteiger partial charge in [0.05, 0.1) is 0 Å². The molecule has 440 valence electrons. The molecule has 0 spiro atoms. The molecule has 0 bridgehead atoms. The van der Waals surface area contributed by atoms with Crippen LogP contribution in [-0.4, -0.2) is 37.2 Å². The Morgan fingerprint density at radius 3 is 0.805 bits per heavy atom. The van der Waals surface area contributed by atoms with E-state index in [4.69, 9.17) is 14.2 Å². The number of allylic oxidation sites excluding steroid dienone is 18. The summed E-state index contributed by atoms with van der Waals surface area (Å²) < 4.78 is 16.8. The number of esters is 3. The van der Waals surface area contributed by atoms with Gasteiger partial charge in [-0.1, -0.05) is 284 Å². The van der Waals surface area contributed by atoms with Gasteiger partial charge in [0.25, 0.3) is 0 Å². The van der Waals surface area contributed by atoms with Crippen LogP contribution in [0.4, 0.5) is 0 Å². The Morgan fingerprint density at radius 1 is 0.273 bits per heavy atom. The molecule has 0 aromatic rings. The molecule has 0 fully saturated rings. The van der Waals surface area contributed by atoms with Crippen molar-refractivity contribution in [2.24, 2.45) is 0 Å². The molecule has 1 unspecified atom stereocenters. The number of unbranched alkanes of at least 4 members (excludes halogenated alkanes) is 29. The van der Waals surface area contributed by atoms with Gasteiger partial charge in [0.15, 0.2) is 6.10 Å². The SMILES string of the molecule is CC/C=C\C/C=C\C/C=C\C/C=C\C/C=C\C/C=C\C/C=C\CCCCCC(=O)OC(COC(=O)CCCCCCCCC)COC(=O)CCCCCCCCCCCCCCCCC/C=C\C/C=C\CCCCCCC. The average molecular weight is 1070 g/mol. The quantitative estimate of drug-likeness (QED) is 0.0261. The van der Waals surface area contributed by atoms with E-state index in [-0.39, 0.29) is 37.5 Å². The Hall–Kier alpha value is -3.93. The zero-order valence-electron chi connectivity index (χ0n) is 50.4. The standard InChI is InChI=1S/C71H120O6/c1-4-7-10-13-16-18-20-22-24-26-28-30-32-34-35-37-38-40-42-44-46-48-50-52-55-58-61-64-70(73)76-67-68(66-75-69(72)63-60-57-54-15-12-9-6-3)77-71(74)65-62-59-56-53-51-49-47-45-43-41-39-36-33-31-29-27-25-23-21-19-17-14-11-8-5-2/h8,11,17,19-20,22-23,25-26,28-29,31,36,39,43,45,49,51,68H,4-7,9-10,12-16,18,21,24,27,30,32-35,37-38,40-42,44,46-48,50,52-67H2,1-3H3/b11-8-,19-17-,22-20-,25-23-,28-26-,31-29-,39-36-,45-43-,51-49-. The molecule has 6 nitrogen and oxygen atoms in total. The molecule has 0 aliphatic rings. The fourth-order valence-electron chi connectivity index (χ4n) is 8.92. The molecule has 77 heavy (non-hydrogen) atoms. The van der Waals surface area contributed by atoms with Crippen molar-refractivity contribution < 1.29 is 28.6 Å². The van der Waals surface area contributed by atoms with Gasteiger partial charge in [0, 0.05) is 19.3 Å². The summed E-state index contributed by atoms with van der Waals surface area (Å²) in [5.41, 5.74) is 0. The van der Waals surface area contributed by atoms with Crippen LogP contribution in [0, 0.1) is 0 Å².